The predicted molar refractivity (Wildman–Crippen MR) is 91.7 cm³/mol. The van der Waals surface area contributed by atoms with Crippen LogP contribution in [-0.4, -0.2) is 16.7 Å². The van der Waals surface area contributed by atoms with Crippen LogP contribution in [0.4, 0.5) is 10.2 Å². The van der Waals surface area contributed by atoms with Gasteiger partial charge in [0.1, 0.15) is 11.6 Å². The van der Waals surface area contributed by atoms with Gasteiger partial charge in [-0.1, -0.05) is 24.3 Å². The maximum atomic E-state index is 13.3. The maximum Gasteiger partial charge on any atom is 0.149 e. The average molecular weight is 318 g/mol. The first-order valence-corrected chi connectivity index (χ1v) is 7.58. The highest BCUT2D eigenvalue weighted by molar-refractivity contribution is 5.76. The van der Waals surface area contributed by atoms with Crippen molar-refractivity contribution in [1.82, 2.24) is 10.2 Å². The summed E-state index contributed by atoms with van der Waals surface area (Å²) in [6, 6.07) is 15.9. The SMILES string of the molecule is CCNc1cc(-c2cccc(-c3ccc(F)cc3C#N)c2)cnn1. The van der Waals surface area contributed by atoms with Crippen molar-refractivity contribution in [2.45, 2.75) is 6.92 Å². The van der Waals surface area contributed by atoms with E-state index in [2.05, 4.69) is 15.5 Å². The molecular formula is C19H15FN4. The van der Waals surface area contributed by atoms with Gasteiger partial charge in [0.15, 0.2) is 0 Å². The van der Waals surface area contributed by atoms with E-state index < -0.39 is 5.82 Å². The third kappa shape index (κ3) is 3.23. The van der Waals surface area contributed by atoms with Crippen molar-refractivity contribution in [2.24, 2.45) is 0 Å². The fourth-order valence-electron chi connectivity index (χ4n) is 2.52. The van der Waals surface area contributed by atoms with Crippen LogP contribution in [0.1, 0.15) is 12.5 Å². The Morgan fingerprint density at radius 2 is 1.92 bits per heavy atom. The number of nitrogens with zero attached hydrogens (tertiary/aromatic N) is 3. The molecular weight excluding hydrogens is 303 g/mol. The van der Waals surface area contributed by atoms with Gasteiger partial charge in [-0.3, -0.25) is 0 Å². The van der Waals surface area contributed by atoms with Crippen LogP contribution in [0.3, 0.4) is 0 Å². The molecule has 0 atom stereocenters. The molecule has 0 amide bonds. The normalized spacial score (nSPS) is 10.2. The van der Waals surface area contributed by atoms with Gasteiger partial charge in [0.05, 0.1) is 17.8 Å². The summed E-state index contributed by atoms with van der Waals surface area (Å²) in [7, 11) is 0. The third-order valence-electron chi connectivity index (χ3n) is 3.62. The zero-order chi connectivity index (χ0) is 16.9. The lowest BCUT2D eigenvalue weighted by molar-refractivity contribution is 0.627. The summed E-state index contributed by atoms with van der Waals surface area (Å²) >= 11 is 0. The zero-order valence-corrected chi connectivity index (χ0v) is 13.1. The lowest BCUT2D eigenvalue weighted by atomic mass is 9.97. The Bertz CT molecular complexity index is 915. The molecule has 0 aliphatic carbocycles. The van der Waals surface area contributed by atoms with Gasteiger partial charge in [0, 0.05) is 12.1 Å². The maximum absolute atomic E-state index is 13.3. The summed E-state index contributed by atoms with van der Waals surface area (Å²) < 4.78 is 13.3. The van der Waals surface area contributed by atoms with E-state index in [0.29, 0.717) is 16.9 Å². The molecule has 4 nitrogen and oxygen atoms in total. The van der Waals surface area contributed by atoms with Crippen LogP contribution in [0.15, 0.2) is 54.7 Å². The molecule has 1 heterocycles. The number of anilines is 1. The highest BCUT2D eigenvalue weighted by atomic mass is 19.1. The van der Waals surface area contributed by atoms with Gasteiger partial charge in [-0.25, -0.2) is 4.39 Å². The van der Waals surface area contributed by atoms with Crippen LogP contribution in [0.5, 0.6) is 0 Å². The van der Waals surface area contributed by atoms with Crippen LogP contribution in [0, 0.1) is 17.1 Å². The Hall–Kier alpha value is -3.26. The van der Waals surface area contributed by atoms with Crippen molar-refractivity contribution in [3.05, 3.63) is 66.1 Å². The molecule has 0 saturated carbocycles. The lowest BCUT2D eigenvalue weighted by Gasteiger charge is -2.08. The molecule has 3 rings (SSSR count). The summed E-state index contributed by atoms with van der Waals surface area (Å²) in [6.07, 6.45) is 1.69. The van der Waals surface area contributed by atoms with Crippen LogP contribution in [0.25, 0.3) is 22.3 Å². The summed E-state index contributed by atoms with van der Waals surface area (Å²) in [4.78, 5) is 0. The fraction of sp³-hybridized carbons (Fsp3) is 0.105. The first-order valence-electron chi connectivity index (χ1n) is 7.58. The molecule has 5 heteroatoms. The molecule has 0 saturated heterocycles. The smallest absolute Gasteiger partial charge is 0.149 e. The molecule has 0 unspecified atom stereocenters. The minimum absolute atomic E-state index is 0.313. The number of hydrogen-bond donors (Lipinski definition) is 1. The second kappa shape index (κ2) is 6.88. The van der Waals surface area contributed by atoms with Crippen LogP contribution < -0.4 is 5.32 Å². The molecule has 118 valence electrons. The molecule has 0 radical (unpaired) electrons. The zero-order valence-electron chi connectivity index (χ0n) is 13.1. The number of nitrogens with one attached hydrogen (secondary N) is 1. The Labute approximate surface area is 139 Å². The highest BCUT2D eigenvalue weighted by Crippen LogP contribution is 2.29. The number of halogens is 1. The topological polar surface area (TPSA) is 61.6 Å². The van der Waals surface area contributed by atoms with Gasteiger partial charge >= 0.3 is 0 Å². The van der Waals surface area contributed by atoms with Crippen LogP contribution in [0.2, 0.25) is 0 Å². The molecule has 0 bridgehead atoms. The monoisotopic (exact) mass is 318 g/mol. The second-order valence-corrected chi connectivity index (χ2v) is 5.24. The van der Waals surface area contributed by atoms with Gasteiger partial charge in [0.2, 0.25) is 0 Å². The van der Waals surface area contributed by atoms with Crippen molar-refractivity contribution in [3.63, 3.8) is 0 Å². The largest absolute Gasteiger partial charge is 0.369 e. The quantitative estimate of drug-likeness (QED) is 0.781. The van der Waals surface area contributed by atoms with Gasteiger partial charge in [-0.15, -0.1) is 5.10 Å². The summed E-state index contributed by atoms with van der Waals surface area (Å²) in [6.45, 7) is 2.76. The van der Waals surface area contributed by atoms with Crippen LogP contribution >= 0.6 is 0 Å². The van der Waals surface area contributed by atoms with E-state index in [9.17, 15) is 9.65 Å². The van der Waals surface area contributed by atoms with E-state index in [1.807, 2.05) is 43.3 Å². The second-order valence-electron chi connectivity index (χ2n) is 5.24. The molecule has 2 aromatic carbocycles. The number of rotatable bonds is 4. The number of hydrogen-bond acceptors (Lipinski definition) is 4. The average Bonchev–Trinajstić information content (AvgIpc) is 2.62. The molecule has 0 aliphatic rings. The Morgan fingerprint density at radius 1 is 1.08 bits per heavy atom. The molecule has 24 heavy (non-hydrogen) atoms. The predicted octanol–water partition coefficient (Wildman–Crippen LogP) is 4.25. The van der Waals surface area contributed by atoms with E-state index in [1.54, 1.807) is 12.3 Å². The standard InChI is InChI=1S/C19H15FN4/c1-2-22-19-10-16(12-23-24-19)13-4-3-5-14(8-13)18-7-6-17(20)9-15(18)11-21/h3-10,12H,2H2,1H3,(H,22,24). The van der Waals surface area contributed by atoms with Gasteiger partial charge in [-0.2, -0.15) is 10.4 Å². The fourth-order valence-corrected chi connectivity index (χ4v) is 2.52. The number of nitriles is 1. The van der Waals surface area contributed by atoms with Crippen molar-refractivity contribution in [3.8, 4) is 28.3 Å². The molecule has 0 aliphatic heterocycles. The first-order chi connectivity index (χ1) is 11.7. The van der Waals surface area contributed by atoms with E-state index in [1.165, 1.54) is 12.1 Å². The van der Waals surface area contributed by atoms with Gasteiger partial charge < -0.3 is 5.32 Å². The summed E-state index contributed by atoms with van der Waals surface area (Å²) in [5, 5.41) is 20.4. The van der Waals surface area contributed by atoms with Crippen molar-refractivity contribution < 1.29 is 4.39 Å². The lowest BCUT2D eigenvalue weighted by Crippen LogP contribution is -2.00. The van der Waals surface area contributed by atoms with Gasteiger partial charge in [0.25, 0.3) is 0 Å². The van der Waals surface area contributed by atoms with Crippen molar-refractivity contribution in [1.29, 1.82) is 5.26 Å². The third-order valence-corrected chi connectivity index (χ3v) is 3.62. The van der Waals surface area contributed by atoms with Crippen molar-refractivity contribution in [2.75, 3.05) is 11.9 Å². The summed E-state index contributed by atoms with van der Waals surface area (Å²) in [5.41, 5.74) is 3.74. The van der Waals surface area contributed by atoms with Crippen molar-refractivity contribution >= 4 is 5.82 Å². The first kappa shape index (κ1) is 15.6. The highest BCUT2D eigenvalue weighted by Gasteiger charge is 2.08. The minimum atomic E-state index is -0.417. The van der Waals surface area contributed by atoms with E-state index in [4.69, 9.17) is 0 Å². The summed E-state index contributed by atoms with van der Waals surface area (Å²) in [5.74, 6) is 0.292. The molecule has 0 fully saturated rings. The number of aromatic nitrogens is 2. The molecule has 1 aromatic heterocycles. The van der Waals surface area contributed by atoms with Crippen LogP contribution in [-0.2, 0) is 0 Å². The minimum Gasteiger partial charge on any atom is -0.369 e. The van der Waals surface area contributed by atoms with E-state index in [0.717, 1.165) is 23.2 Å². The molecule has 1 N–H and O–H groups in total. The van der Waals surface area contributed by atoms with Gasteiger partial charge in [-0.05, 0) is 47.9 Å². The molecule has 3 aromatic rings. The number of benzene rings is 2. The van der Waals surface area contributed by atoms with E-state index in [-0.39, 0.29) is 0 Å². The van der Waals surface area contributed by atoms with E-state index >= 15 is 0 Å². The Morgan fingerprint density at radius 3 is 2.71 bits per heavy atom. The Balaban J connectivity index is 2.04. The molecule has 0 spiro atoms. The Kier molecular flexibility index (Phi) is 4.48.